The van der Waals surface area contributed by atoms with E-state index in [0.717, 1.165) is 16.3 Å². The zero-order valence-corrected chi connectivity index (χ0v) is 13.9. The van der Waals surface area contributed by atoms with E-state index in [1.807, 2.05) is 11.5 Å². The molecule has 1 aromatic heterocycles. The van der Waals surface area contributed by atoms with Crippen LogP contribution in [0.3, 0.4) is 0 Å². The van der Waals surface area contributed by atoms with E-state index in [4.69, 9.17) is 11.6 Å². The molecule has 3 aromatic rings. The van der Waals surface area contributed by atoms with Crippen LogP contribution in [-0.4, -0.2) is 15.2 Å². The zero-order valence-electron chi connectivity index (χ0n) is 12.3. The van der Waals surface area contributed by atoms with Gasteiger partial charge in [-0.15, -0.1) is 11.3 Å². The second-order valence-corrected chi connectivity index (χ2v) is 6.44. The molecule has 0 amide bonds. The van der Waals surface area contributed by atoms with E-state index in [-0.39, 0.29) is 16.5 Å². The predicted molar refractivity (Wildman–Crippen MR) is 96.0 cm³/mol. The maximum absolute atomic E-state index is 9.57. The van der Waals surface area contributed by atoms with E-state index in [1.54, 1.807) is 12.1 Å². The molecular weight excluding hydrogens is 330 g/mol. The van der Waals surface area contributed by atoms with Crippen LogP contribution in [0.15, 0.2) is 41.8 Å². The normalized spacial score (nSPS) is 11.2. The topological polar surface area (TPSA) is 53.4 Å². The van der Waals surface area contributed by atoms with Crippen molar-refractivity contribution in [3.63, 3.8) is 0 Å². The molecule has 0 spiro atoms. The van der Waals surface area contributed by atoms with Gasteiger partial charge in [-0.3, -0.25) is 0 Å². The number of aromatic nitrogens is 1. The maximum Gasteiger partial charge on any atom is 0.176 e. The van der Waals surface area contributed by atoms with Gasteiger partial charge in [0, 0.05) is 10.9 Å². The molecule has 0 aliphatic heterocycles. The molecule has 0 atom stereocenters. The van der Waals surface area contributed by atoms with Crippen molar-refractivity contribution in [2.24, 2.45) is 0 Å². The molecule has 1 heterocycles. The molecule has 3 rings (SSSR count). The minimum Gasteiger partial charge on any atom is -0.504 e. The Bertz CT molecular complexity index is 846. The largest absolute Gasteiger partial charge is 0.504 e. The van der Waals surface area contributed by atoms with Crippen molar-refractivity contribution >= 4 is 35.1 Å². The summed E-state index contributed by atoms with van der Waals surface area (Å²) < 4.78 is 0. The van der Waals surface area contributed by atoms with Gasteiger partial charge in [0.2, 0.25) is 0 Å². The Hall–Kier alpha value is -2.30. The Labute approximate surface area is 143 Å². The van der Waals surface area contributed by atoms with E-state index >= 15 is 0 Å². The average Bonchev–Trinajstić information content (AvgIpc) is 3.00. The van der Waals surface area contributed by atoms with Crippen LogP contribution in [0.5, 0.6) is 11.5 Å². The van der Waals surface area contributed by atoms with Gasteiger partial charge in [0.1, 0.15) is 5.01 Å². The fourth-order valence-corrected chi connectivity index (χ4v) is 3.03. The van der Waals surface area contributed by atoms with Gasteiger partial charge < -0.3 is 10.2 Å². The molecule has 0 aliphatic rings. The van der Waals surface area contributed by atoms with Crippen LogP contribution >= 0.6 is 22.9 Å². The van der Waals surface area contributed by atoms with Crippen LogP contribution in [0.2, 0.25) is 5.02 Å². The van der Waals surface area contributed by atoms with Gasteiger partial charge in [-0.25, -0.2) is 4.98 Å². The third kappa shape index (κ3) is 3.55. The number of phenols is 2. The molecule has 0 saturated heterocycles. The Balaban J connectivity index is 1.82. The second kappa shape index (κ2) is 6.44. The highest BCUT2D eigenvalue weighted by Gasteiger charge is 2.06. The number of aryl methyl sites for hydroxylation is 1. The van der Waals surface area contributed by atoms with Crippen molar-refractivity contribution in [1.82, 2.24) is 4.98 Å². The molecule has 0 saturated carbocycles. The third-order valence-corrected chi connectivity index (χ3v) is 4.45. The number of thiazole rings is 1. The van der Waals surface area contributed by atoms with Crippen molar-refractivity contribution in [2.45, 2.75) is 6.92 Å². The van der Waals surface area contributed by atoms with Crippen LogP contribution in [0, 0.1) is 6.92 Å². The molecular formula is C18H14ClNO2S. The monoisotopic (exact) mass is 343 g/mol. The number of hydrogen-bond acceptors (Lipinski definition) is 4. The van der Waals surface area contributed by atoms with Gasteiger partial charge in [-0.05, 0) is 30.7 Å². The Morgan fingerprint density at radius 1 is 1.09 bits per heavy atom. The molecule has 3 nitrogen and oxygen atoms in total. The predicted octanol–water partition coefficient (Wildman–Crippen LogP) is 5.35. The number of nitrogens with zero attached hydrogens (tertiary/aromatic N) is 1. The smallest absolute Gasteiger partial charge is 0.176 e. The van der Waals surface area contributed by atoms with Crippen molar-refractivity contribution < 1.29 is 10.2 Å². The molecule has 0 aliphatic carbocycles. The van der Waals surface area contributed by atoms with Crippen molar-refractivity contribution in [3.05, 3.63) is 62.9 Å². The van der Waals surface area contributed by atoms with E-state index in [1.165, 1.54) is 23.0 Å². The summed E-state index contributed by atoms with van der Waals surface area (Å²) in [5.41, 5.74) is 3.92. The Kier molecular flexibility index (Phi) is 4.37. The number of rotatable bonds is 3. The van der Waals surface area contributed by atoms with E-state index in [0.29, 0.717) is 5.56 Å². The second-order valence-electron chi connectivity index (χ2n) is 5.14. The standard InChI is InChI=1S/C18H14ClNO2S/c1-11-2-5-13(6-3-11)15-10-23-17(20-15)7-4-12-8-14(19)18(22)16(21)9-12/h2-10,21-22H,1H3/b7-4+. The van der Waals surface area contributed by atoms with Crippen LogP contribution in [0.4, 0.5) is 0 Å². The van der Waals surface area contributed by atoms with Crippen molar-refractivity contribution in [2.75, 3.05) is 0 Å². The third-order valence-electron chi connectivity index (χ3n) is 3.35. The van der Waals surface area contributed by atoms with Crippen LogP contribution in [-0.2, 0) is 0 Å². The molecule has 0 bridgehead atoms. The molecule has 0 radical (unpaired) electrons. The lowest BCUT2D eigenvalue weighted by molar-refractivity contribution is 0.404. The summed E-state index contributed by atoms with van der Waals surface area (Å²) in [7, 11) is 0. The highest BCUT2D eigenvalue weighted by atomic mass is 35.5. The summed E-state index contributed by atoms with van der Waals surface area (Å²) in [5, 5.41) is 22.0. The molecule has 5 heteroatoms. The van der Waals surface area contributed by atoms with Crippen LogP contribution in [0.25, 0.3) is 23.4 Å². The fourth-order valence-electron chi connectivity index (χ4n) is 2.09. The van der Waals surface area contributed by atoms with Crippen molar-refractivity contribution in [3.8, 4) is 22.8 Å². The van der Waals surface area contributed by atoms with Gasteiger partial charge >= 0.3 is 0 Å². The summed E-state index contributed by atoms with van der Waals surface area (Å²) in [5.74, 6) is -0.545. The lowest BCUT2D eigenvalue weighted by Crippen LogP contribution is -1.79. The first-order chi connectivity index (χ1) is 11.0. The molecule has 2 N–H and O–H groups in total. The van der Waals surface area contributed by atoms with Gasteiger partial charge in [0.25, 0.3) is 0 Å². The number of aromatic hydroxyl groups is 2. The van der Waals surface area contributed by atoms with Gasteiger partial charge in [0.15, 0.2) is 11.5 Å². The summed E-state index contributed by atoms with van der Waals surface area (Å²) >= 11 is 7.38. The Morgan fingerprint density at radius 2 is 1.83 bits per heavy atom. The summed E-state index contributed by atoms with van der Waals surface area (Å²) in [6, 6.07) is 11.3. The van der Waals surface area contributed by atoms with E-state index < -0.39 is 0 Å². The van der Waals surface area contributed by atoms with E-state index in [9.17, 15) is 10.2 Å². The number of halogens is 1. The van der Waals surface area contributed by atoms with Crippen LogP contribution < -0.4 is 0 Å². The number of hydrogen-bond donors (Lipinski definition) is 2. The Morgan fingerprint density at radius 3 is 2.52 bits per heavy atom. The fraction of sp³-hybridized carbons (Fsp3) is 0.0556. The SMILES string of the molecule is Cc1ccc(-c2csc(/C=C/c3cc(O)c(O)c(Cl)c3)n2)cc1. The summed E-state index contributed by atoms with van der Waals surface area (Å²) in [4.78, 5) is 4.57. The van der Waals surface area contributed by atoms with Crippen LogP contribution in [0.1, 0.15) is 16.1 Å². The van der Waals surface area contributed by atoms with Crippen molar-refractivity contribution in [1.29, 1.82) is 0 Å². The lowest BCUT2D eigenvalue weighted by Gasteiger charge is -2.01. The highest BCUT2D eigenvalue weighted by molar-refractivity contribution is 7.10. The molecule has 23 heavy (non-hydrogen) atoms. The lowest BCUT2D eigenvalue weighted by atomic mass is 10.1. The zero-order chi connectivity index (χ0) is 16.4. The molecule has 2 aromatic carbocycles. The maximum atomic E-state index is 9.57. The minimum atomic E-state index is -0.306. The molecule has 116 valence electrons. The van der Waals surface area contributed by atoms with Gasteiger partial charge in [0.05, 0.1) is 10.7 Å². The minimum absolute atomic E-state index is 0.115. The van der Waals surface area contributed by atoms with Gasteiger partial charge in [-0.2, -0.15) is 0 Å². The number of phenolic OH excluding ortho intramolecular Hbond substituents is 2. The van der Waals surface area contributed by atoms with Gasteiger partial charge in [-0.1, -0.05) is 47.5 Å². The number of benzene rings is 2. The summed E-state index contributed by atoms with van der Waals surface area (Å²) in [6.45, 7) is 2.05. The first kappa shape index (κ1) is 15.6. The molecule has 0 fully saturated rings. The molecule has 0 unspecified atom stereocenters. The quantitative estimate of drug-likeness (QED) is 0.630. The average molecular weight is 344 g/mol. The highest BCUT2D eigenvalue weighted by Crippen LogP contribution is 2.34. The van der Waals surface area contributed by atoms with E-state index in [2.05, 4.69) is 36.2 Å². The first-order valence-corrected chi connectivity index (χ1v) is 8.21. The first-order valence-electron chi connectivity index (χ1n) is 6.95. The summed E-state index contributed by atoms with van der Waals surface area (Å²) in [6.07, 6.45) is 3.65.